The zero-order valence-corrected chi connectivity index (χ0v) is 10.8. The molecule has 0 aromatic rings. The fourth-order valence-electron chi connectivity index (χ4n) is 1.53. The van der Waals surface area contributed by atoms with Crippen molar-refractivity contribution >= 4 is 5.91 Å². The summed E-state index contributed by atoms with van der Waals surface area (Å²) in [6.45, 7) is 8.41. The van der Waals surface area contributed by atoms with E-state index in [9.17, 15) is 9.90 Å². The lowest BCUT2D eigenvalue weighted by Gasteiger charge is -2.29. The molecule has 1 amide bonds. The molecule has 0 unspecified atom stereocenters. The largest absolute Gasteiger partial charge is 0.396 e. The van der Waals surface area contributed by atoms with Crippen LogP contribution >= 0.6 is 0 Å². The molecule has 0 atom stereocenters. The summed E-state index contributed by atoms with van der Waals surface area (Å²) in [6, 6.07) is 0. The van der Waals surface area contributed by atoms with Crippen LogP contribution in [0.15, 0.2) is 0 Å². The predicted octanol–water partition coefficient (Wildman–Crippen LogP) is 0.901. The molecule has 0 heterocycles. The van der Waals surface area contributed by atoms with E-state index < -0.39 is 0 Å². The first kappa shape index (κ1) is 15.4. The molecule has 96 valence electrons. The van der Waals surface area contributed by atoms with Gasteiger partial charge in [-0.25, -0.2) is 0 Å². The van der Waals surface area contributed by atoms with E-state index in [0.717, 1.165) is 19.4 Å². The SMILES string of the molecule is CCNCCC(=O)NCC(CC)(CC)CO. The van der Waals surface area contributed by atoms with Gasteiger partial charge in [0.05, 0.1) is 6.61 Å². The van der Waals surface area contributed by atoms with Gasteiger partial charge in [-0.2, -0.15) is 0 Å². The topological polar surface area (TPSA) is 61.4 Å². The molecule has 0 bridgehead atoms. The van der Waals surface area contributed by atoms with Crippen molar-refractivity contribution in [2.75, 3.05) is 26.2 Å². The second kappa shape index (κ2) is 8.53. The molecular weight excluding hydrogens is 204 g/mol. The molecule has 0 rings (SSSR count). The Morgan fingerprint density at radius 1 is 1.25 bits per heavy atom. The molecule has 0 aliphatic rings. The van der Waals surface area contributed by atoms with Crippen LogP contribution in [0.4, 0.5) is 0 Å². The Hall–Kier alpha value is -0.610. The van der Waals surface area contributed by atoms with Crippen LogP contribution in [0.1, 0.15) is 40.0 Å². The molecule has 0 fully saturated rings. The van der Waals surface area contributed by atoms with Gasteiger partial charge >= 0.3 is 0 Å². The Morgan fingerprint density at radius 3 is 2.31 bits per heavy atom. The lowest BCUT2D eigenvalue weighted by molar-refractivity contribution is -0.121. The lowest BCUT2D eigenvalue weighted by atomic mass is 9.83. The summed E-state index contributed by atoms with van der Waals surface area (Å²) < 4.78 is 0. The predicted molar refractivity (Wildman–Crippen MR) is 66.3 cm³/mol. The number of amides is 1. The van der Waals surface area contributed by atoms with Crippen molar-refractivity contribution in [1.82, 2.24) is 10.6 Å². The summed E-state index contributed by atoms with van der Waals surface area (Å²) in [5.74, 6) is 0.0562. The smallest absolute Gasteiger partial charge is 0.221 e. The number of rotatable bonds is 9. The molecule has 0 saturated heterocycles. The maximum Gasteiger partial charge on any atom is 0.221 e. The second-order valence-corrected chi connectivity index (χ2v) is 4.25. The zero-order valence-electron chi connectivity index (χ0n) is 10.8. The third-order valence-corrected chi connectivity index (χ3v) is 3.27. The molecule has 0 saturated carbocycles. The number of hydrogen-bond acceptors (Lipinski definition) is 3. The van der Waals surface area contributed by atoms with Gasteiger partial charge in [-0.3, -0.25) is 4.79 Å². The van der Waals surface area contributed by atoms with Crippen LogP contribution in [-0.2, 0) is 4.79 Å². The molecule has 0 radical (unpaired) electrons. The minimum Gasteiger partial charge on any atom is -0.396 e. The Labute approximate surface area is 98.8 Å². The van der Waals surface area contributed by atoms with Crippen molar-refractivity contribution in [1.29, 1.82) is 0 Å². The van der Waals surface area contributed by atoms with E-state index in [1.165, 1.54) is 0 Å². The standard InChI is InChI=1S/C12H26N2O2/c1-4-12(5-2,10-15)9-14-11(16)7-8-13-6-3/h13,15H,4-10H2,1-3H3,(H,14,16). The van der Waals surface area contributed by atoms with Gasteiger partial charge in [-0.15, -0.1) is 0 Å². The molecule has 0 aliphatic heterocycles. The number of aliphatic hydroxyl groups is 1. The normalized spacial score (nSPS) is 11.5. The first-order chi connectivity index (χ1) is 7.64. The van der Waals surface area contributed by atoms with Crippen LogP contribution in [0.2, 0.25) is 0 Å². The van der Waals surface area contributed by atoms with Gasteiger partial charge in [0.2, 0.25) is 5.91 Å². The van der Waals surface area contributed by atoms with Gasteiger partial charge in [-0.05, 0) is 19.4 Å². The van der Waals surface area contributed by atoms with Crippen molar-refractivity contribution < 1.29 is 9.90 Å². The van der Waals surface area contributed by atoms with Crippen molar-refractivity contribution in [2.24, 2.45) is 5.41 Å². The van der Waals surface area contributed by atoms with Crippen molar-refractivity contribution in [3.63, 3.8) is 0 Å². The van der Waals surface area contributed by atoms with Gasteiger partial charge in [0.15, 0.2) is 0 Å². The van der Waals surface area contributed by atoms with Crippen molar-refractivity contribution in [2.45, 2.75) is 40.0 Å². The average Bonchev–Trinajstić information content (AvgIpc) is 2.32. The summed E-state index contributed by atoms with van der Waals surface area (Å²) in [5, 5.41) is 15.3. The molecule has 0 aromatic carbocycles. The highest BCUT2D eigenvalue weighted by atomic mass is 16.3. The minimum atomic E-state index is -0.145. The van der Waals surface area contributed by atoms with Gasteiger partial charge in [0, 0.05) is 24.9 Å². The van der Waals surface area contributed by atoms with E-state index in [0.29, 0.717) is 19.5 Å². The van der Waals surface area contributed by atoms with E-state index in [-0.39, 0.29) is 17.9 Å². The van der Waals surface area contributed by atoms with E-state index >= 15 is 0 Å². The highest BCUT2D eigenvalue weighted by Crippen LogP contribution is 2.24. The quantitative estimate of drug-likeness (QED) is 0.516. The first-order valence-electron chi connectivity index (χ1n) is 6.22. The van der Waals surface area contributed by atoms with Crippen LogP contribution < -0.4 is 10.6 Å². The van der Waals surface area contributed by atoms with E-state index in [2.05, 4.69) is 10.6 Å². The Bertz CT molecular complexity index is 183. The maximum absolute atomic E-state index is 11.5. The van der Waals surface area contributed by atoms with Crippen LogP contribution in [-0.4, -0.2) is 37.3 Å². The summed E-state index contributed by atoms with van der Waals surface area (Å²) in [4.78, 5) is 11.5. The van der Waals surface area contributed by atoms with Gasteiger partial charge in [-0.1, -0.05) is 20.8 Å². The summed E-state index contributed by atoms with van der Waals surface area (Å²) in [5.41, 5.74) is -0.145. The van der Waals surface area contributed by atoms with Crippen LogP contribution in [0.25, 0.3) is 0 Å². The highest BCUT2D eigenvalue weighted by molar-refractivity contribution is 5.76. The number of carbonyl (C=O) groups excluding carboxylic acids is 1. The fourth-order valence-corrected chi connectivity index (χ4v) is 1.53. The molecule has 0 spiro atoms. The molecular formula is C12H26N2O2. The number of hydrogen-bond donors (Lipinski definition) is 3. The Kier molecular flexibility index (Phi) is 8.21. The Balaban J connectivity index is 3.87. The zero-order chi connectivity index (χ0) is 12.4. The average molecular weight is 230 g/mol. The molecule has 0 aliphatic carbocycles. The third-order valence-electron chi connectivity index (χ3n) is 3.27. The van der Waals surface area contributed by atoms with Crippen molar-refractivity contribution in [3.05, 3.63) is 0 Å². The first-order valence-corrected chi connectivity index (χ1v) is 6.22. The lowest BCUT2D eigenvalue weighted by Crippen LogP contribution is -2.40. The molecule has 3 N–H and O–H groups in total. The fraction of sp³-hybridized carbons (Fsp3) is 0.917. The number of carbonyl (C=O) groups is 1. The maximum atomic E-state index is 11.5. The monoisotopic (exact) mass is 230 g/mol. The van der Waals surface area contributed by atoms with Gasteiger partial charge < -0.3 is 15.7 Å². The van der Waals surface area contributed by atoms with Crippen LogP contribution in [0.5, 0.6) is 0 Å². The minimum absolute atomic E-state index is 0.0562. The van der Waals surface area contributed by atoms with Gasteiger partial charge in [0.1, 0.15) is 0 Å². The van der Waals surface area contributed by atoms with E-state index in [1.54, 1.807) is 0 Å². The molecule has 0 aromatic heterocycles. The molecule has 4 nitrogen and oxygen atoms in total. The molecule has 16 heavy (non-hydrogen) atoms. The highest BCUT2D eigenvalue weighted by Gasteiger charge is 2.25. The summed E-state index contributed by atoms with van der Waals surface area (Å²) in [6.07, 6.45) is 2.27. The van der Waals surface area contributed by atoms with E-state index in [4.69, 9.17) is 0 Å². The van der Waals surface area contributed by atoms with E-state index in [1.807, 2.05) is 20.8 Å². The van der Waals surface area contributed by atoms with Crippen LogP contribution in [0, 0.1) is 5.41 Å². The van der Waals surface area contributed by atoms with Crippen LogP contribution in [0.3, 0.4) is 0 Å². The number of aliphatic hydroxyl groups excluding tert-OH is 1. The molecule has 4 heteroatoms. The number of nitrogens with one attached hydrogen (secondary N) is 2. The second-order valence-electron chi connectivity index (χ2n) is 4.25. The van der Waals surface area contributed by atoms with Gasteiger partial charge in [0.25, 0.3) is 0 Å². The Morgan fingerprint density at radius 2 is 1.88 bits per heavy atom. The third kappa shape index (κ3) is 5.47. The summed E-state index contributed by atoms with van der Waals surface area (Å²) >= 11 is 0. The summed E-state index contributed by atoms with van der Waals surface area (Å²) in [7, 11) is 0. The van der Waals surface area contributed by atoms with Crippen molar-refractivity contribution in [3.8, 4) is 0 Å².